The van der Waals surface area contributed by atoms with Gasteiger partial charge in [0.1, 0.15) is 11.9 Å². The highest BCUT2D eigenvalue weighted by molar-refractivity contribution is 6.30. The summed E-state index contributed by atoms with van der Waals surface area (Å²) in [6.45, 7) is 4.06. The molecule has 82 valence electrons. The molecule has 0 spiro atoms. The molecule has 0 aromatic heterocycles. The standard InChI is InChI=1S/C12H16ClNO/c1-7(14)3-9-5-11(13)6-10-4-8(2)15-12(9)10/h5-8H,3-4,14H2,1-2H3. The zero-order chi connectivity index (χ0) is 11.0. The van der Waals surface area contributed by atoms with Crippen molar-refractivity contribution in [1.29, 1.82) is 0 Å². The van der Waals surface area contributed by atoms with Crippen LogP contribution >= 0.6 is 11.6 Å². The third-order valence-electron chi connectivity index (χ3n) is 2.58. The second kappa shape index (κ2) is 4.03. The predicted molar refractivity (Wildman–Crippen MR) is 62.6 cm³/mol. The second-order valence-corrected chi connectivity index (χ2v) is 4.80. The average Bonchev–Trinajstić information content (AvgIpc) is 2.44. The molecule has 1 heterocycles. The van der Waals surface area contributed by atoms with Crippen molar-refractivity contribution >= 4 is 11.6 Å². The van der Waals surface area contributed by atoms with Crippen LogP contribution in [0, 0.1) is 0 Å². The Morgan fingerprint density at radius 2 is 2.33 bits per heavy atom. The van der Waals surface area contributed by atoms with Crippen molar-refractivity contribution in [2.75, 3.05) is 0 Å². The van der Waals surface area contributed by atoms with Crippen molar-refractivity contribution in [3.63, 3.8) is 0 Å². The van der Waals surface area contributed by atoms with Crippen molar-refractivity contribution in [1.82, 2.24) is 0 Å². The number of halogens is 1. The smallest absolute Gasteiger partial charge is 0.126 e. The molecular weight excluding hydrogens is 210 g/mol. The topological polar surface area (TPSA) is 35.2 Å². The first-order chi connectivity index (χ1) is 7.06. The van der Waals surface area contributed by atoms with E-state index in [2.05, 4.69) is 6.92 Å². The second-order valence-electron chi connectivity index (χ2n) is 4.37. The van der Waals surface area contributed by atoms with Crippen molar-refractivity contribution in [3.05, 3.63) is 28.3 Å². The van der Waals surface area contributed by atoms with Gasteiger partial charge in [-0.15, -0.1) is 0 Å². The first-order valence-electron chi connectivity index (χ1n) is 5.30. The van der Waals surface area contributed by atoms with E-state index in [4.69, 9.17) is 22.1 Å². The third-order valence-corrected chi connectivity index (χ3v) is 2.79. The largest absolute Gasteiger partial charge is 0.490 e. The Morgan fingerprint density at radius 1 is 1.60 bits per heavy atom. The molecule has 0 amide bonds. The summed E-state index contributed by atoms with van der Waals surface area (Å²) in [5.41, 5.74) is 8.15. The van der Waals surface area contributed by atoms with Gasteiger partial charge in [0.05, 0.1) is 0 Å². The van der Waals surface area contributed by atoms with Crippen molar-refractivity contribution in [3.8, 4) is 5.75 Å². The third kappa shape index (κ3) is 2.27. The van der Waals surface area contributed by atoms with Gasteiger partial charge in [0.15, 0.2) is 0 Å². The lowest BCUT2D eigenvalue weighted by atomic mass is 10.0. The van der Waals surface area contributed by atoms with E-state index in [1.807, 2.05) is 19.1 Å². The minimum atomic E-state index is 0.132. The molecule has 3 heteroatoms. The van der Waals surface area contributed by atoms with Crippen LogP contribution in [-0.2, 0) is 12.8 Å². The normalized spacial score (nSPS) is 20.9. The number of benzene rings is 1. The Kier molecular flexibility index (Phi) is 2.89. The SMILES string of the molecule is CC(N)Cc1cc(Cl)cc2c1OC(C)C2. The Bertz CT molecular complexity index is 376. The Balaban J connectivity index is 2.38. The quantitative estimate of drug-likeness (QED) is 0.840. The summed E-state index contributed by atoms with van der Waals surface area (Å²) in [6.07, 6.45) is 2.02. The Hall–Kier alpha value is -0.730. The molecule has 15 heavy (non-hydrogen) atoms. The molecule has 1 aliphatic heterocycles. The van der Waals surface area contributed by atoms with Crippen LogP contribution in [0.25, 0.3) is 0 Å². The van der Waals surface area contributed by atoms with Gasteiger partial charge in [-0.25, -0.2) is 0 Å². The Labute approximate surface area is 95.4 Å². The molecule has 2 atom stereocenters. The molecule has 0 aliphatic carbocycles. The fourth-order valence-corrected chi connectivity index (χ4v) is 2.33. The van der Waals surface area contributed by atoms with Crippen LogP contribution in [0.2, 0.25) is 5.02 Å². The highest BCUT2D eigenvalue weighted by Crippen LogP contribution is 2.35. The monoisotopic (exact) mass is 225 g/mol. The van der Waals surface area contributed by atoms with Gasteiger partial charge in [-0.1, -0.05) is 11.6 Å². The van der Waals surface area contributed by atoms with Crippen molar-refractivity contribution < 1.29 is 4.74 Å². The van der Waals surface area contributed by atoms with E-state index in [1.54, 1.807) is 0 Å². The van der Waals surface area contributed by atoms with E-state index < -0.39 is 0 Å². The van der Waals surface area contributed by atoms with E-state index in [0.717, 1.165) is 29.2 Å². The summed E-state index contributed by atoms with van der Waals surface area (Å²) < 4.78 is 5.78. The van der Waals surface area contributed by atoms with Gasteiger partial charge in [-0.05, 0) is 43.5 Å². The summed E-state index contributed by atoms with van der Waals surface area (Å²) in [5.74, 6) is 1.00. The molecule has 0 saturated heterocycles. The fourth-order valence-electron chi connectivity index (χ4n) is 2.07. The maximum atomic E-state index is 6.06. The number of hydrogen-bond donors (Lipinski definition) is 1. The molecule has 1 aromatic rings. The van der Waals surface area contributed by atoms with Gasteiger partial charge >= 0.3 is 0 Å². The predicted octanol–water partition coefficient (Wildman–Crippen LogP) is 2.55. The van der Waals surface area contributed by atoms with E-state index in [9.17, 15) is 0 Å². The van der Waals surface area contributed by atoms with Gasteiger partial charge in [-0.2, -0.15) is 0 Å². The number of ether oxygens (including phenoxy) is 1. The first kappa shape index (κ1) is 10.8. The van der Waals surface area contributed by atoms with Gasteiger partial charge in [0.25, 0.3) is 0 Å². The minimum Gasteiger partial charge on any atom is -0.490 e. The van der Waals surface area contributed by atoms with Crippen molar-refractivity contribution in [2.45, 2.75) is 38.8 Å². The number of nitrogens with two attached hydrogens (primary N) is 1. The van der Waals surface area contributed by atoms with Gasteiger partial charge in [-0.3, -0.25) is 0 Å². The molecule has 1 aromatic carbocycles. The first-order valence-corrected chi connectivity index (χ1v) is 5.67. The van der Waals surface area contributed by atoms with Crippen LogP contribution in [0.3, 0.4) is 0 Å². The number of rotatable bonds is 2. The zero-order valence-corrected chi connectivity index (χ0v) is 9.84. The van der Waals surface area contributed by atoms with Gasteiger partial charge in [0.2, 0.25) is 0 Å². The average molecular weight is 226 g/mol. The van der Waals surface area contributed by atoms with Crippen LogP contribution in [0.5, 0.6) is 5.75 Å². The molecule has 0 saturated carbocycles. The van der Waals surface area contributed by atoms with Crippen molar-refractivity contribution in [2.24, 2.45) is 5.73 Å². The lowest BCUT2D eigenvalue weighted by molar-refractivity contribution is 0.252. The van der Waals surface area contributed by atoms with E-state index >= 15 is 0 Å². The number of hydrogen-bond acceptors (Lipinski definition) is 2. The van der Waals surface area contributed by atoms with Crippen LogP contribution in [-0.4, -0.2) is 12.1 Å². The van der Waals surface area contributed by atoms with E-state index in [-0.39, 0.29) is 12.1 Å². The molecule has 0 radical (unpaired) electrons. The van der Waals surface area contributed by atoms with Gasteiger partial charge < -0.3 is 10.5 Å². The van der Waals surface area contributed by atoms with E-state index in [0.29, 0.717) is 0 Å². The fraction of sp³-hybridized carbons (Fsp3) is 0.500. The van der Waals surface area contributed by atoms with Crippen LogP contribution in [0.4, 0.5) is 0 Å². The minimum absolute atomic E-state index is 0.132. The molecule has 0 fully saturated rings. The molecule has 0 bridgehead atoms. The summed E-state index contributed by atoms with van der Waals surface area (Å²) in [5, 5.41) is 0.780. The molecule has 1 aliphatic rings. The van der Waals surface area contributed by atoms with E-state index in [1.165, 1.54) is 5.56 Å². The van der Waals surface area contributed by atoms with Crippen LogP contribution in [0.15, 0.2) is 12.1 Å². The maximum Gasteiger partial charge on any atom is 0.126 e. The summed E-state index contributed by atoms with van der Waals surface area (Å²) in [6, 6.07) is 4.08. The number of fused-ring (bicyclic) bond motifs is 1. The Morgan fingerprint density at radius 3 is 3.00 bits per heavy atom. The highest BCUT2D eigenvalue weighted by atomic mass is 35.5. The van der Waals surface area contributed by atoms with Gasteiger partial charge in [0, 0.05) is 17.5 Å². The molecule has 2 nitrogen and oxygen atoms in total. The summed E-state index contributed by atoms with van der Waals surface area (Å²) >= 11 is 6.06. The zero-order valence-electron chi connectivity index (χ0n) is 9.09. The molecular formula is C12H16ClNO. The molecule has 2 rings (SSSR count). The maximum absolute atomic E-state index is 6.06. The molecule has 2 unspecified atom stereocenters. The van der Waals surface area contributed by atoms with Crippen LogP contribution in [0.1, 0.15) is 25.0 Å². The lowest BCUT2D eigenvalue weighted by Gasteiger charge is -2.11. The summed E-state index contributed by atoms with van der Waals surface area (Å²) in [7, 11) is 0. The lowest BCUT2D eigenvalue weighted by Crippen LogP contribution is -2.18. The highest BCUT2D eigenvalue weighted by Gasteiger charge is 2.23. The summed E-state index contributed by atoms with van der Waals surface area (Å²) in [4.78, 5) is 0. The molecule has 2 N–H and O–H groups in total. The van der Waals surface area contributed by atoms with Crippen LogP contribution < -0.4 is 10.5 Å².